The van der Waals surface area contributed by atoms with Gasteiger partial charge in [-0.2, -0.15) is 0 Å². The number of hydrogen-bond acceptors (Lipinski definition) is 3. The monoisotopic (exact) mass is 345 g/mol. The number of nitrogens with zero attached hydrogens (tertiary/aromatic N) is 1. The van der Waals surface area contributed by atoms with Crippen LogP contribution in [0.4, 0.5) is 5.69 Å². The molecule has 0 spiro atoms. The van der Waals surface area contributed by atoms with Crippen molar-refractivity contribution in [2.45, 2.75) is 6.42 Å². The quantitative estimate of drug-likeness (QED) is 0.883. The normalized spacial score (nSPS) is 16.9. The molecule has 2 rings (SSSR count). The first-order valence-corrected chi connectivity index (χ1v) is 7.50. The van der Waals surface area contributed by atoms with Gasteiger partial charge in [0.25, 0.3) is 0 Å². The molecule has 1 aromatic rings. The van der Waals surface area contributed by atoms with Crippen molar-refractivity contribution in [3.8, 4) is 0 Å². The lowest BCUT2D eigenvalue weighted by Crippen LogP contribution is -2.35. The molecule has 1 aliphatic heterocycles. The Bertz CT molecular complexity index is 448. The number of carbonyl (C=O) groups is 1. The Labute approximate surface area is 126 Å². The van der Waals surface area contributed by atoms with Crippen LogP contribution in [0.1, 0.15) is 6.42 Å². The number of benzene rings is 1. The molecule has 1 heterocycles. The molecule has 6 heteroatoms. The van der Waals surface area contributed by atoms with E-state index in [1.54, 1.807) is 12.1 Å². The molecule has 0 aromatic heterocycles. The van der Waals surface area contributed by atoms with E-state index in [9.17, 15) is 4.79 Å². The topological polar surface area (TPSA) is 44.4 Å². The summed E-state index contributed by atoms with van der Waals surface area (Å²) in [7, 11) is 0. The second kappa shape index (κ2) is 7.24. The second-order valence-corrected chi connectivity index (χ2v) is 5.87. The number of nitrogens with one attached hydrogen (secondary N) is 2. The predicted molar refractivity (Wildman–Crippen MR) is 81.7 cm³/mol. The van der Waals surface area contributed by atoms with Crippen molar-refractivity contribution < 1.29 is 4.79 Å². The highest BCUT2D eigenvalue weighted by atomic mass is 79.9. The number of halogens is 2. The third-order valence-corrected chi connectivity index (χ3v) is 3.81. The summed E-state index contributed by atoms with van der Waals surface area (Å²) in [6, 6.07) is 5.43. The average molecular weight is 347 g/mol. The first-order valence-electron chi connectivity index (χ1n) is 6.33. The van der Waals surface area contributed by atoms with Crippen LogP contribution in [0.3, 0.4) is 0 Å². The third kappa shape index (κ3) is 4.76. The molecule has 19 heavy (non-hydrogen) atoms. The van der Waals surface area contributed by atoms with Crippen LogP contribution in [0.5, 0.6) is 0 Å². The lowest BCUT2D eigenvalue weighted by atomic mass is 10.3. The van der Waals surface area contributed by atoms with Gasteiger partial charge in [-0.15, -0.1) is 0 Å². The molecule has 0 saturated carbocycles. The van der Waals surface area contributed by atoms with Crippen molar-refractivity contribution in [3.05, 3.63) is 27.7 Å². The van der Waals surface area contributed by atoms with E-state index in [0.717, 1.165) is 37.1 Å². The maximum absolute atomic E-state index is 12.0. The van der Waals surface area contributed by atoms with Gasteiger partial charge in [0.2, 0.25) is 5.91 Å². The number of hydrogen-bond donors (Lipinski definition) is 2. The maximum Gasteiger partial charge on any atom is 0.238 e. The van der Waals surface area contributed by atoms with Crippen molar-refractivity contribution in [2.75, 3.05) is 38.0 Å². The Morgan fingerprint density at radius 2 is 2.26 bits per heavy atom. The van der Waals surface area contributed by atoms with Gasteiger partial charge in [0, 0.05) is 17.6 Å². The molecule has 104 valence electrons. The maximum atomic E-state index is 12.0. The van der Waals surface area contributed by atoms with Crippen LogP contribution in [0.2, 0.25) is 5.02 Å². The van der Waals surface area contributed by atoms with Crippen LogP contribution >= 0.6 is 27.5 Å². The van der Waals surface area contributed by atoms with Crippen molar-refractivity contribution in [3.63, 3.8) is 0 Å². The molecule has 1 fully saturated rings. The summed E-state index contributed by atoms with van der Waals surface area (Å²) in [5.74, 6) is -0.0221. The highest BCUT2D eigenvalue weighted by molar-refractivity contribution is 9.10. The van der Waals surface area contributed by atoms with Crippen molar-refractivity contribution in [1.82, 2.24) is 10.2 Å². The third-order valence-electron chi connectivity index (χ3n) is 3.01. The fraction of sp³-hybridized carbons (Fsp3) is 0.462. The minimum atomic E-state index is -0.0221. The van der Waals surface area contributed by atoms with E-state index in [2.05, 4.69) is 31.5 Å². The van der Waals surface area contributed by atoms with Crippen LogP contribution in [0, 0.1) is 0 Å². The zero-order valence-corrected chi connectivity index (χ0v) is 12.9. The van der Waals surface area contributed by atoms with Crippen LogP contribution in [-0.2, 0) is 4.79 Å². The molecule has 0 atom stereocenters. The Hall–Kier alpha value is -0.620. The highest BCUT2D eigenvalue weighted by Gasteiger charge is 2.13. The first-order chi connectivity index (χ1) is 9.15. The van der Waals surface area contributed by atoms with Crippen molar-refractivity contribution in [1.29, 1.82) is 0 Å². The van der Waals surface area contributed by atoms with E-state index >= 15 is 0 Å². The predicted octanol–water partition coefficient (Wildman–Crippen LogP) is 2.34. The van der Waals surface area contributed by atoms with Crippen LogP contribution in [0.15, 0.2) is 22.7 Å². The molecule has 1 saturated heterocycles. The lowest BCUT2D eigenvalue weighted by Gasteiger charge is -2.18. The number of carbonyl (C=O) groups excluding carboxylic acids is 1. The van der Waals surface area contributed by atoms with Gasteiger partial charge < -0.3 is 10.6 Å². The zero-order chi connectivity index (χ0) is 13.7. The molecule has 1 aromatic carbocycles. The fourth-order valence-corrected chi connectivity index (χ4v) is 2.76. The van der Waals surface area contributed by atoms with Gasteiger partial charge >= 0.3 is 0 Å². The van der Waals surface area contributed by atoms with E-state index in [4.69, 9.17) is 11.6 Å². The second-order valence-electron chi connectivity index (χ2n) is 4.55. The van der Waals surface area contributed by atoms with Crippen LogP contribution in [0.25, 0.3) is 0 Å². The summed E-state index contributed by atoms with van der Waals surface area (Å²) in [6.07, 6.45) is 1.08. The standard InChI is InChI=1S/C13H17BrClN3O/c14-10-2-3-12(11(15)8-10)17-13(19)9-18-6-1-4-16-5-7-18/h2-3,8,16H,1,4-7,9H2,(H,17,19). The largest absolute Gasteiger partial charge is 0.324 e. The molecular formula is C13H17BrClN3O. The highest BCUT2D eigenvalue weighted by Crippen LogP contribution is 2.25. The molecular weight excluding hydrogens is 330 g/mol. The Kier molecular flexibility index (Phi) is 5.63. The molecule has 1 aliphatic rings. The summed E-state index contributed by atoms with van der Waals surface area (Å²) >= 11 is 9.41. The molecule has 0 radical (unpaired) electrons. The van der Waals surface area contributed by atoms with Crippen LogP contribution < -0.4 is 10.6 Å². The van der Waals surface area contributed by atoms with Crippen molar-refractivity contribution in [2.24, 2.45) is 0 Å². The summed E-state index contributed by atoms with van der Waals surface area (Å²) in [5, 5.41) is 6.71. The van der Waals surface area contributed by atoms with Gasteiger partial charge in [0.15, 0.2) is 0 Å². The number of amides is 1. The summed E-state index contributed by atoms with van der Waals surface area (Å²) in [5.41, 5.74) is 0.655. The number of anilines is 1. The van der Waals surface area contributed by atoms with Gasteiger partial charge in [0.1, 0.15) is 0 Å². The Balaban J connectivity index is 1.89. The fourth-order valence-electron chi connectivity index (χ4n) is 2.04. The molecule has 0 aliphatic carbocycles. The van der Waals surface area contributed by atoms with E-state index in [1.807, 2.05) is 6.07 Å². The Morgan fingerprint density at radius 1 is 1.42 bits per heavy atom. The average Bonchev–Trinajstić information content (AvgIpc) is 2.61. The SMILES string of the molecule is O=C(CN1CCCNCC1)Nc1ccc(Br)cc1Cl. The first kappa shape index (κ1) is 14.8. The molecule has 2 N–H and O–H groups in total. The van der Waals surface area contributed by atoms with Gasteiger partial charge in [-0.25, -0.2) is 0 Å². The molecule has 0 unspecified atom stereocenters. The minimum Gasteiger partial charge on any atom is -0.324 e. The van der Waals surface area contributed by atoms with E-state index < -0.39 is 0 Å². The molecule has 4 nitrogen and oxygen atoms in total. The Morgan fingerprint density at radius 3 is 3.05 bits per heavy atom. The van der Waals surface area contributed by atoms with E-state index in [0.29, 0.717) is 17.3 Å². The van der Waals surface area contributed by atoms with Crippen LogP contribution in [-0.4, -0.2) is 43.5 Å². The molecule has 1 amide bonds. The summed E-state index contributed by atoms with van der Waals surface area (Å²) in [4.78, 5) is 14.1. The lowest BCUT2D eigenvalue weighted by molar-refractivity contribution is -0.117. The van der Waals surface area contributed by atoms with E-state index in [-0.39, 0.29) is 5.91 Å². The smallest absolute Gasteiger partial charge is 0.238 e. The minimum absolute atomic E-state index is 0.0221. The molecule has 0 bridgehead atoms. The van der Waals surface area contributed by atoms with Gasteiger partial charge in [0.05, 0.1) is 17.3 Å². The zero-order valence-electron chi connectivity index (χ0n) is 10.6. The van der Waals surface area contributed by atoms with E-state index in [1.165, 1.54) is 0 Å². The number of rotatable bonds is 3. The van der Waals surface area contributed by atoms with Gasteiger partial charge in [-0.3, -0.25) is 9.69 Å². The summed E-state index contributed by atoms with van der Waals surface area (Å²) < 4.78 is 0.897. The van der Waals surface area contributed by atoms with Gasteiger partial charge in [-0.05, 0) is 37.7 Å². The summed E-state index contributed by atoms with van der Waals surface area (Å²) in [6.45, 7) is 4.23. The van der Waals surface area contributed by atoms with Crippen molar-refractivity contribution >= 4 is 39.1 Å². The van der Waals surface area contributed by atoms with Gasteiger partial charge in [-0.1, -0.05) is 27.5 Å².